The molecule has 6 amide bonds. The number of likely N-dealkylation sites (tertiary alicyclic amines) is 1. The monoisotopic (exact) mass is 834 g/mol. The highest BCUT2D eigenvalue weighted by Crippen LogP contribution is 2.32. The lowest BCUT2D eigenvalue weighted by Gasteiger charge is -2.27. The number of nitrogens with one attached hydrogen (secondary N) is 7. The molecule has 0 aliphatic carbocycles. The van der Waals surface area contributed by atoms with Crippen LogP contribution in [-0.2, 0) is 30.4 Å². The van der Waals surface area contributed by atoms with E-state index in [9.17, 15) is 28.8 Å². The van der Waals surface area contributed by atoms with Crippen molar-refractivity contribution in [3.63, 3.8) is 0 Å². The number of amides is 6. The van der Waals surface area contributed by atoms with E-state index in [1.165, 1.54) is 6.21 Å². The van der Waals surface area contributed by atoms with E-state index in [0.29, 0.717) is 67.9 Å². The molecule has 2 atom stereocenters. The first kappa shape index (κ1) is 42.6. The zero-order valence-electron chi connectivity index (χ0n) is 33.9. The van der Waals surface area contributed by atoms with Crippen molar-refractivity contribution in [1.82, 2.24) is 30.4 Å². The Morgan fingerprint density at radius 3 is 2.59 bits per heavy atom. The number of carbonyl (C=O) groups is 6. The van der Waals surface area contributed by atoms with Gasteiger partial charge in [0.25, 0.3) is 17.7 Å². The normalized spacial score (nSPS) is 17.7. The number of anilines is 3. The van der Waals surface area contributed by atoms with Gasteiger partial charge < -0.3 is 41.1 Å². The molecule has 2 unspecified atom stereocenters. The van der Waals surface area contributed by atoms with Gasteiger partial charge in [0.05, 0.1) is 55.1 Å². The van der Waals surface area contributed by atoms with E-state index in [-0.39, 0.29) is 48.8 Å². The van der Waals surface area contributed by atoms with E-state index in [0.717, 1.165) is 53.4 Å². The van der Waals surface area contributed by atoms with Gasteiger partial charge in [-0.25, -0.2) is 4.98 Å². The van der Waals surface area contributed by atoms with E-state index < -0.39 is 29.7 Å². The third-order valence-corrected chi connectivity index (χ3v) is 11.0. The van der Waals surface area contributed by atoms with Crippen molar-refractivity contribution in [2.75, 3.05) is 75.6 Å². The summed E-state index contributed by atoms with van der Waals surface area (Å²) in [6.45, 7) is 4.65. The predicted molar refractivity (Wildman–Crippen MR) is 227 cm³/mol. The van der Waals surface area contributed by atoms with Gasteiger partial charge in [-0.05, 0) is 80.3 Å². The molecule has 3 aliphatic heterocycles. The number of imide groups is 2. The molecule has 2 fully saturated rings. The average Bonchev–Trinajstić information content (AvgIpc) is 3.95. The predicted octanol–water partition coefficient (Wildman–Crippen LogP) is 3.12. The summed E-state index contributed by atoms with van der Waals surface area (Å²) in [5.41, 5.74) is 5.00. The number of hydrogen-bond donors (Lipinski definition) is 7. The number of aromatic amines is 1. The fourth-order valence-electron chi connectivity index (χ4n) is 7.88. The molecular weight excluding hydrogens is 785 g/mol. The SMILES string of the molecule is CNc1ccc(C(=O)Nc2ccc3nc(CN4CCC(CCNC(=O)CCOCCOCCNc5cccc6c5C(=O)N(C5CCC(=O)NC5=O)C6=O)C4)[nH]c3c2)cc1C=N. The Labute approximate surface area is 352 Å². The molecule has 0 spiro atoms. The molecular formula is C43H50N10O8. The maximum absolute atomic E-state index is 13.2. The smallest absolute Gasteiger partial charge is 0.264 e. The fraction of sp³-hybridized carbons (Fsp3) is 0.395. The fourth-order valence-corrected chi connectivity index (χ4v) is 7.88. The van der Waals surface area contributed by atoms with E-state index in [4.69, 9.17) is 19.9 Å². The van der Waals surface area contributed by atoms with Gasteiger partial charge in [-0.2, -0.15) is 0 Å². The molecule has 0 bridgehead atoms. The number of benzene rings is 3. The number of rotatable bonds is 20. The van der Waals surface area contributed by atoms with Crippen LogP contribution in [0.3, 0.4) is 0 Å². The van der Waals surface area contributed by atoms with Crippen LogP contribution in [-0.4, -0.2) is 127 Å². The standard InChI is InChI=1S/C43H50N10O8/c1-45-31-7-5-27(21-28(31)23-44)40(56)48-29-6-8-32-34(22-29)50-36(49-32)25-52-16-12-26(24-52)11-14-47-37(54)13-17-60-19-20-61-18-15-46-33-4-2-3-30-39(33)43(59)53(42(30)58)35-9-10-38(55)51-41(35)57/h2-8,21-23,26,35,44-46H,9-20,24-25H2,1H3,(H,47,54)(H,48,56)(H,49,50)(H,51,55,57). The summed E-state index contributed by atoms with van der Waals surface area (Å²) in [6.07, 6.45) is 3.51. The molecule has 61 heavy (non-hydrogen) atoms. The van der Waals surface area contributed by atoms with E-state index in [2.05, 4.69) is 36.5 Å². The minimum Gasteiger partial charge on any atom is -0.388 e. The average molecular weight is 835 g/mol. The molecule has 7 rings (SSSR count). The lowest BCUT2D eigenvalue weighted by Crippen LogP contribution is -2.54. The van der Waals surface area contributed by atoms with Crippen LogP contribution in [0, 0.1) is 11.3 Å². The number of nitrogens with zero attached hydrogens (tertiary/aromatic N) is 3. The van der Waals surface area contributed by atoms with Crippen molar-refractivity contribution in [3.05, 3.63) is 82.7 Å². The Kier molecular flexibility index (Phi) is 13.8. The topological polar surface area (TPSA) is 240 Å². The van der Waals surface area contributed by atoms with Crippen LogP contribution in [0.5, 0.6) is 0 Å². The molecule has 320 valence electrons. The number of ether oxygens (including phenoxy) is 2. The van der Waals surface area contributed by atoms with Crippen LogP contribution in [0.4, 0.5) is 17.1 Å². The third-order valence-electron chi connectivity index (χ3n) is 11.0. The highest BCUT2D eigenvalue weighted by molar-refractivity contribution is 6.25. The first-order valence-corrected chi connectivity index (χ1v) is 20.5. The van der Waals surface area contributed by atoms with Crippen molar-refractivity contribution in [2.45, 2.75) is 44.7 Å². The second kappa shape index (κ2) is 19.7. The van der Waals surface area contributed by atoms with E-state index in [1.807, 2.05) is 18.2 Å². The number of fused-ring (bicyclic) bond motifs is 2. The summed E-state index contributed by atoms with van der Waals surface area (Å²) in [5, 5.41) is 21.9. The zero-order chi connectivity index (χ0) is 42.9. The number of hydrogen-bond acceptors (Lipinski definition) is 13. The van der Waals surface area contributed by atoms with Crippen molar-refractivity contribution in [3.8, 4) is 0 Å². The van der Waals surface area contributed by atoms with Gasteiger partial charge in [0.1, 0.15) is 11.9 Å². The van der Waals surface area contributed by atoms with Gasteiger partial charge in [0.2, 0.25) is 17.7 Å². The van der Waals surface area contributed by atoms with Crippen LogP contribution < -0.4 is 26.6 Å². The molecule has 0 saturated carbocycles. The molecule has 7 N–H and O–H groups in total. The van der Waals surface area contributed by atoms with Crippen LogP contribution in [0.1, 0.15) is 74.6 Å². The van der Waals surface area contributed by atoms with Crippen molar-refractivity contribution >= 4 is 69.8 Å². The third kappa shape index (κ3) is 10.3. The lowest BCUT2D eigenvalue weighted by atomic mass is 10.0. The van der Waals surface area contributed by atoms with Crippen molar-refractivity contribution in [2.24, 2.45) is 5.92 Å². The van der Waals surface area contributed by atoms with E-state index >= 15 is 0 Å². The van der Waals surface area contributed by atoms with Gasteiger partial charge in [-0.1, -0.05) is 6.07 Å². The summed E-state index contributed by atoms with van der Waals surface area (Å²) in [7, 11) is 1.77. The summed E-state index contributed by atoms with van der Waals surface area (Å²) in [6, 6.07) is 14.6. The Morgan fingerprint density at radius 2 is 1.79 bits per heavy atom. The summed E-state index contributed by atoms with van der Waals surface area (Å²) in [5.74, 6) is -1.24. The quantitative estimate of drug-likeness (QED) is 0.0386. The maximum Gasteiger partial charge on any atom is 0.264 e. The molecule has 3 aliphatic rings. The minimum atomic E-state index is -1.03. The van der Waals surface area contributed by atoms with Gasteiger partial charge >= 0.3 is 0 Å². The number of piperidine rings is 1. The van der Waals surface area contributed by atoms with Gasteiger partial charge in [0.15, 0.2) is 0 Å². The van der Waals surface area contributed by atoms with Crippen LogP contribution in [0.25, 0.3) is 11.0 Å². The summed E-state index contributed by atoms with van der Waals surface area (Å²) >= 11 is 0. The first-order valence-electron chi connectivity index (χ1n) is 20.5. The largest absolute Gasteiger partial charge is 0.388 e. The molecule has 4 heterocycles. The number of imidazole rings is 1. The second-order valence-corrected chi connectivity index (χ2v) is 15.2. The summed E-state index contributed by atoms with van der Waals surface area (Å²) < 4.78 is 11.2. The highest BCUT2D eigenvalue weighted by atomic mass is 16.5. The maximum atomic E-state index is 13.2. The minimum absolute atomic E-state index is 0.0528. The first-order chi connectivity index (χ1) is 29.6. The number of carbonyl (C=O) groups excluding carboxylic acids is 6. The van der Waals surface area contributed by atoms with Gasteiger partial charge in [-0.3, -0.25) is 43.9 Å². The molecule has 1 aromatic heterocycles. The molecule has 4 aromatic rings. The van der Waals surface area contributed by atoms with Crippen LogP contribution in [0.15, 0.2) is 54.6 Å². The molecule has 18 nitrogen and oxygen atoms in total. The van der Waals surface area contributed by atoms with Crippen molar-refractivity contribution in [1.29, 1.82) is 5.41 Å². The number of H-pyrrole nitrogens is 1. The molecule has 0 radical (unpaired) electrons. The van der Waals surface area contributed by atoms with Crippen molar-refractivity contribution < 1.29 is 38.2 Å². The van der Waals surface area contributed by atoms with Gasteiger partial charge in [0, 0.05) is 73.9 Å². The number of aromatic nitrogens is 2. The van der Waals surface area contributed by atoms with Crippen LogP contribution in [0.2, 0.25) is 0 Å². The van der Waals surface area contributed by atoms with Gasteiger partial charge in [-0.15, -0.1) is 0 Å². The molecule has 2 saturated heterocycles. The Balaban J connectivity index is 0.736. The molecule has 18 heteroatoms. The Morgan fingerprint density at radius 1 is 0.951 bits per heavy atom. The van der Waals surface area contributed by atoms with E-state index in [1.54, 1.807) is 43.4 Å². The summed E-state index contributed by atoms with van der Waals surface area (Å²) in [4.78, 5) is 86.9. The highest BCUT2D eigenvalue weighted by Gasteiger charge is 2.45. The Hall–Kier alpha value is -6.50. The lowest BCUT2D eigenvalue weighted by molar-refractivity contribution is -0.136. The van der Waals surface area contributed by atoms with Crippen LogP contribution >= 0.6 is 0 Å². The Bertz CT molecular complexity index is 2330. The second-order valence-electron chi connectivity index (χ2n) is 15.2. The zero-order valence-corrected chi connectivity index (χ0v) is 33.9. The molecule has 3 aromatic carbocycles.